The summed E-state index contributed by atoms with van der Waals surface area (Å²) in [5, 5.41) is 13.7. The lowest BCUT2D eigenvalue weighted by atomic mass is 10.2. The minimum atomic E-state index is -0.808. The summed E-state index contributed by atoms with van der Waals surface area (Å²) in [6, 6.07) is -0.808. The number of carbonyl (C=O) groups is 2. The van der Waals surface area contributed by atoms with Crippen molar-refractivity contribution in [3.8, 4) is 0 Å². The number of hydrogen-bond acceptors (Lipinski definition) is 5. The third-order valence-corrected chi connectivity index (χ3v) is 3.34. The minimum absolute atomic E-state index is 0.0656. The first-order valence-electron chi connectivity index (χ1n) is 5.90. The molecule has 1 fully saturated rings. The molecule has 8 heteroatoms. The number of nitrogen functional groups attached to an aromatic ring is 1. The number of amides is 2. The van der Waals surface area contributed by atoms with E-state index in [1.807, 2.05) is 0 Å². The summed E-state index contributed by atoms with van der Waals surface area (Å²) in [6.07, 6.45) is -0.602. The quantitative estimate of drug-likeness (QED) is 0.593. The lowest BCUT2D eigenvalue weighted by Crippen LogP contribution is -2.44. The van der Waals surface area contributed by atoms with Gasteiger partial charge in [-0.3, -0.25) is 14.3 Å². The zero-order valence-electron chi connectivity index (χ0n) is 10.8. The molecule has 1 aliphatic rings. The Kier molecular flexibility index (Phi) is 3.19. The van der Waals surface area contributed by atoms with Crippen molar-refractivity contribution in [3.05, 3.63) is 11.4 Å². The highest BCUT2D eigenvalue weighted by molar-refractivity contribution is 6.00. The van der Waals surface area contributed by atoms with Gasteiger partial charge in [0.1, 0.15) is 11.7 Å². The second-order valence-corrected chi connectivity index (χ2v) is 4.74. The first-order valence-corrected chi connectivity index (χ1v) is 5.90. The van der Waals surface area contributed by atoms with Crippen LogP contribution in [0.3, 0.4) is 0 Å². The maximum Gasteiger partial charge on any atom is 0.275 e. The average Bonchev–Trinajstić information content (AvgIpc) is 2.81. The van der Waals surface area contributed by atoms with Crippen LogP contribution < -0.4 is 11.5 Å². The van der Waals surface area contributed by atoms with Crippen molar-refractivity contribution < 1.29 is 14.7 Å². The molecule has 0 aromatic carbocycles. The van der Waals surface area contributed by atoms with Crippen LogP contribution in [0.5, 0.6) is 0 Å². The highest BCUT2D eigenvalue weighted by Crippen LogP contribution is 2.24. The van der Waals surface area contributed by atoms with Crippen LogP contribution in [0.4, 0.5) is 5.69 Å². The summed E-state index contributed by atoms with van der Waals surface area (Å²) < 4.78 is 1.37. The highest BCUT2D eigenvalue weighted by Gasteiger charge is 2.39. The first kappa shape index (κ1) is 13.3. The van der Waals surface area contributed by atoms with Crippen molar-refractivity contribution in [2.75, 3.05) is 12.3 Å². The predicted molar refractivity (Wildman–Crippen MR) is 67.0 cm³/mol. The van der Waals surface area contributed by atoms with Crippen LogP contribution in [0, 0.1) is 6.92 Å². The Morgan fingerprint density at radius 2 is 2.11 bits per heavy atom. The molecule has 1 aromatic rings. The fourth-order valence-electron chi connectivity index (χ4n) is 2.37. The molecule has 104 valence electrons. The smallest absolute Gasteiger partial charge is 0.275 e. The van der Waals surface area contributed by atoms with Crippen LogP contribution >= 0.6 is 0 Å². The second-order valence-electron chi connectivity index (χ2n) is 4.74. The van der Waals surface area contributed by atoms with Gasteiger partial charge in [-0.15, -0.1) is 0 Å². The van der Waals surface area contributed by atoms with Gasteiger partial charge < -0.3 is 21.5 Å². The van der Waals surface area contributed by atoms with Crippen LogP contribution in [0.1, 0.15) is 22.6 Å². The van der Waals surface area contributed by atoms with Gasteiger partial charge in [0.2, 0.25) is 5.91 Å². The summed E-state index contributed by atoms with van der Waals surface area (Å²) in [5.41, 5.74) is 12.1. The first-order chi connectivity index (χ1) is 8.82. The summed E-state index contributed by atoms with van der Waals surface area (Å²) in [6.45, 7) is 1.76. The number of primary amides is 1. The molecule has 1 aromatic heterocycles. The number of aromatic nitrogens is 2. The second kappa shape index (κ2) is 4.54. The van der Waals surface area contributed by atoms with E-state index in [4.69, 9.17) is 11.5 Å². The summed E-state index contributed by atoms with van der Waals surface area (Å²) in [4.78, 5) is 25.0. The molecule has 0 saturated carbocycles. The Morgan fingerprint density at radius 1 is 1.47 bits per heavy atom. The molecule has 1 saturated heterocycles. The molecule has 5 N–H and O–H groups in total. The normalized spacial score (nSPS) is 22.8. The monoisotopic (exact) mass is 267 g/mol. The van der Waals surface area contributed by atoms with Crippen molar-refractivity contribution in [1.82, 2.24) is 14.7 Å². The molecule has 0 radical (unpaired) electrons. The molecule has 19 heavy (non-hydrogen) atoms. The van der Waals surface area contributed by atoms with Crippen molar-refractivity contribution in [2.24, 2.45) is 12.8 Å². The highest BCUT2D eigenvalue weighted by atomic mass is 16.3. The maximum absolute atomic E-state index is 12.4. The van der Waals surface area contributed by atoms with Gasteiger partial charge in [0.15, 0.2) is 0 Å². The van der Waals surface area contributed by atoms with Gasteiger partial charge in [-0.05, 0) is 6.92 Å². The molecular weight excluding hydrogens is 250 g/mol. The van der Waals surface area contributed by atoms with E-state index in [1.165, 1.54) is 9.58 Å². The van der Waals surface area contributed by atoms with E-state index in [9.17, 15) is 14.7 Å². The number of carbonyl (C=O) groups excluding carboxylic acids is 2. The molecule has 2 rings (SSSR count). The molecule has 0 spiro atoms. The van der Waals surface area contributed by atoms with E-state index < -0.39 is 24.0 Å². The van der Waals surface area contributed by atoms with E-state index in [0.717, 1.165) is 0 Å². The van der Waals surface area contributed by atoms with Crippen molar-refractivity contribution in [1.29, 1.82) is 0 Å². The number of hydrogen-bond donors (Lipinski definition) is 3. The van der Waals surface area contributed by atoms with E-state index >= 15 is 0 Å². The summed E-state index contributed by atoms with van der Waals surface area (Å²) >= 11 is 0. The van der Waals surface area contributed by atoms with Gasteiger partial charge in [-0.2, -0.15) is 5.10 Å². The topological polar surface area (TPSA) is 127 Å². The van der Waals surface area contributed by atoms with E-state index in [1.54, 1.807) is 14.0 Å². The van der Waals surface area contributed by atoms with Crippen LogP contribution in [0.2, 0.25) is 0 Å². The van der Waals surface area contributed by atoms with Crippen LogP contribution in [0.15, 0.2) is 0 Å². The van der Waals surface area contributed by atoms with Gasteiger partial charge >= 0.3 is 0 Å². The fourth-order valence-corrected chi connectivity index (χ4v) is 2.37. The Labute approximate surface area is 110 Å². The van der Waals surface area contributed by atoms with Crippen molar-refractivity contribution in [2.45, 2.75) is 25.5 Å². The van der Waals surface area contributed by atoms with E-state index in [-0.39, 0.29) is 24.3 Å². The Morgan fingerprint density at radius 3 is 2.58 bits per heavy atom. The van der Waals surface area contributed by atoms with E-state index in [2.05, 4.69) is 5.10 Å². The largest absolute Gasteiger partial charge is 0.395 e. The van der Waals surface area contributed by atoms with Crippen LogP contribution in [-0.4, -0.2) is 50.3 Å². The number of aryl methyl sites for hydroxylation is 2. The zero-order valence-corrected chi connectivity index (χ0v) is 10.8. The van der Waals surface area contributed by atoms with Gasteiger partial charge in [0.25, 0.3) is 5.91 Å². The Balaban J connectivity index is 2.36. The molecule has 2 unspecified atom stereocenters. The molecule has 1 aliphatic heterocycles. The molecule has 0 bridgehead atoms. The average molecular weight is 267 g/mol. The number of nitrogens with zero attached hydrogens (tertiary/aromatic N) is 3. The van der Waals surface area contributed by atoms with Gasteiger partial charge in [-0.1, -0.05) is 0 Å². The number of nitrogens with two attached hydrogens (primary N) is 2. The SMILES string of the molecule is Cc1nn(C)c(C(=O)N2CC(O)CC2C(N)=O)c1N. The molecular formula is C11H17N5O3. The number of anilines is 1. The third kappa shape index (κ3) is 2.14. The minimum Gasteiger partial charge on any atom is -0.395 e. The van der Waals surface area contributed by atoms with Gasteiger partial charge in [0, 0.05) is 20.0 Å². The number of likely N-dealkylation sites (tertiary alicyclic amines) is 1. The summed E-state index contributed by atoms with van der Waals surface area (Å²) in [7, 11) is 1.60. The molecule has 2 heterocycles. The predicted octanol–water partition coefficient (Wildman–Crippen LogP) is -1.63. The fraction of sp³-hybridized carbons (Fsp3) is 0.545. The molecule has 0 aliphatic carbocycles. The number of rotatable bonds is 2. The summed E-state index contributed by atoms with van der Waals surface area (Å²) in [5.74, 6) is -1.08. The Hall–Kier alpha value is -2.09. The van der Waals surface area contributed by atoms with E-state index in [0.29, 0.717) is 5.69 Å². The molecule has 8 nitrogen and oxygen atoms in total. The Bertz CT molecular complexity index is 539. The van der Waals surface area contributed by atoms with Gasteiger partial charge in [0.05, 0.1) is 17.5 Å². The molecule has 2 atom stereocenters. The standard InChI is InChI=1S/C11H17N5O3/c1-5-8(12)9(15(2)14-5)11(19)16-4-6(17)3-7(16)10(13)18/h6-7,17H,3-4,12H2,1-2H3,(H2,13,18). The lowest BCUT2D eigenvalue weighted by molar-refractivity contribution is -0.121. The van der Waals surface area contributed by atoms with Gasteiger partial charge in [-0.25, -0.2) is 0 Å². The van der Waals surface area contributed by atoms with Crippen molar-refractivity contribution in [3.63, 3.8) is 0 Å². The zero-order chi connectivity index (χ0) is 14.3. The third-order valence-electron chi connectivity index (χ3n) is 3.34. The maximum atomic E-state index is 12.4. The number of β-amino-alcohol motifs (C(OH)–C–C–N with tert-alkyl or cyclic N) is 1. The van der Waals surface area contributed by atoms with Crippen LogP contribution in [-0.2, 0) is 11.8 Å². The number of aliphatic hydroxyl groups is 1. The molecule has 2 amide bonds. The lowest BCUT2D eigenvalue weighted by Gasteiger charge is -2.22. The number of aliphatic hydroxyl groups excluding tert-OH is 1. The van der Waals surface area contributed by atoms with Crippen molar-refractivity contribution >= 4 is 17.5 Å². The van der Waals surface area contributed by atoms with Crippen LogP contribution in [0.25, 0.3) is 0 Å².